The Morgan fingerprint density at radius 2 is 2.14 bits per heavy atom. The molecule has 0 spiro atoms. The minimum absolute atomic E-state index is 0.291. The molecule has 108 valence electrons. The fraction of sp³-hybridized carbons (Fsp3) is 0.200. The van der Waals surface area contributed by atoms with Crippen LogP contribution in [-0.2, 0) is 0 Å². The van der Waals surface area contributed by atoms with Crippen molar-refractivity contribution in [2.24, 2.45) is 0 Å². The van der Waals surface area contributed by atoms with Gasteiger partial charge in [-0.2, -0.15) is 0 Å². The SMILES string of the molecule is CCNc1cn2ccnc2c(N(C)c2ccccc2F)n1. The van der Waals surface area contributed by atoms with Crippen molar-refractivity contribution in [1.82, 2.24) is 14.4 Å². The van der Waals surface area contributed by atoms with Crippen LogP contribution in [0.4, 0.5) is 21.7 Å². The van der Waals surface area contributed by atoms with Gasteiger partial charge in [0.2, 0.25) is 0 Å². The molecule has 0 aliphatic rings. The Labute approximate surface area is 122 Å². The van der Waals surface area contributed by atoms with E-state index in [0.717, 1.165) is 12.4 Å². The molecule has 21 heavy (non-hydrogen) atoms. The summed E-state index contributed by atoms with van der Waals surface area (Å²) in [5.41, 5.74) is 1.14. The number of nitrogens with zero attached hydrogens (tertiary/aromatic N) is 4. The van der Waals surface area contributed by atoms with Crippen LogP contribution >= 0.6 is 0 Å². The van der Waals surface area contributed by atoms with Crippen LogP contribution in [0.1, 0.15) is 6.92 Å². The van der Waals surface area contributed by atoms with Crippen molar-refractivity contribution in [3.05, 3.63) is 48.7 Å². The van der Waals surface area contributed by atoms with Crippen molar-refractivity contribution in [3.8, 4) is 0 Å². The average molecular weight is 285 g/mol. The molecule has 0 aliphatic carbocycles. The largest absolute Gasteiger partial charge is 0.369 e. The highest BCUT2D eigenvalue weighted by Gasteiger charge is 2.15. The zero-order chi connectivity index (χ0) is 14.8. The van der Waals surface area contributed by atoms with E-state index in [4.69, 9.17) is 0 Å². The van der Waals surface area contributed by atoms with Crippen LogP contribution in [0, 0.1) is 5.82 Å². The molecule has 1 N–H and O–H groups in total. The van der Waals surface area contributed by atoms with E-state index >= 15 is 0 Å². The third-order valence-electron chi connectivity index (χ3n) is 3.25. The third-order valence-corrected chi connectivity index (χ3v) is 3.25. The van der Waals surface area contributed by atoms with Gasteiger partial charge in [-0.15, -0.1) is 0 Å². The average Bonchev–Trinajstić information content (AvgIpc) is 2.95. The summed E-state index contributed by atoms with van der Waals surface area (Å²) < 4.78 is 15.9. The van der Waals surface area contributed by atoms with Gasteiger partial charge in [-0.1, -0.05) is 12.1 Å². The highest BCUT2D eigenvalue weighted by atomic mass is 19.1. The zero-order valence-electron chi connectivity index (χ0n) is 11.9. The highest BCUT2D eigenvalue weighted by Crippen LogP contribution is 2.28. The Balaban J connectivity index is 2.14. The lowest BCUT2D eigenvalue weighted by Gasteiger charge is -2.20. The summed E-state index contributed by atoms with van der Waals surface area (Å²) in [7, 11) is 1.78. The molecule has 1 aromatic carbocycles. The molecule has 0 amide bonds. The quantitative estimate of drug-likeness (QED) is 0.800. The molecule has 0 aliphatic heterocycles. The maximum absolute atomic E-state index is 14.0. The Bertz CT molecular complexity index is 768. The molecule has 0 radical (unpaired) electrons. The summed E-state index contributed by atoms with van der Waals surface area (Å²) in [5.74, 6) is 1.03. The van der Waals surface area contributed by atoms with E-state index in [1.165, 1.54) is 6.07 Å². The Hall–Kier alpha value is -2.63. The number of imidazole rings is 1. The van der Waals surface area contributed by atoms with Gasteiger partial charge in [0, 0.05) is 26.0 Å². The second-order valence-electron chi connectivity index (χ2n) is 4.65. The summed E-state index contributed by atoms with van der Waals surface area (Å²) in [4.78, 5) is 10.6. The molecule has 2 aromatic heterocycles. The predicted molar refractivity (Wildman–Crippen MR) is 81.6 cm³/mol. The molecule has 0 fully saturated rings. The monoisotopic (exact) mass is 285 g/mol. The second-order valence-corrected chi connectivity index (χ2v) is 4.65. The first-order valence-electron chi connectivity index (χ1n) is 6.76. The van der Waals surface area contributed by atoms with Gasteiger partial charge in [0.1, 0.15) is 11.6 Å². The van der Waals surface area contributed by atoms with Crippen LogP contribution in [0.15, 0.2) is 42.9 Å². The van der Waals surface area contributed by atoms with Crippen molar-refractivity contribution in [1.29, 1.82) is 0 Å². The lowest BCUT2D eigenvalue weighted by Crippen LogP contribution is -2.15. The van der Waals surface area contributed by atoms with Crippen LogP contribution in [0.3, 0.4) is 0 Å². The smallest absolute Gasteiger partial charge is 0.180 e. The molecule has 3 rings (SSSR count). The third kappa shape index (κ3) is 2.40. The number of hydrogen-bond donors (Lipinski definition) is 1. The molecule has 5 nitrogen and oxygen atoms in total. The summed E-state index contributed by atoms with van der Waals surface area (Å²) in [5, 5.41) is 3.17. The Kier molecular flexibility index (Phi) is 3.43. The van der Waals surface area contributed by atoms with E-state index in [-0.39, 0.29) is 5.82 Å². The van der Waals surface area contributed by atoms with Gasteiger partial charge in [0.25, 0.3) is 0 Å². The second kappa shape index (κ2) is 5.40. The number of anilines is 3. The van der Waals surface area contributed by atoms with E-state index < -0.39 is 0 Å². The Morgan fingerprint density at radius 3 is 2.90 bits per heavy atom. The minimum atomic E-state index is -0.291. The van der Waals surface area contributed by atoms with Crippen LogP contribution in [0.5, 0.6) is 0 Å². The van der Waals surface area contributed by atoms with Crippen LogP contribution in [-0.4, -0.2) is 28.0 Å². The molecular weight excluding hydrogens is 269 g/mol. The number of rotatable bonds is 4. The lowest BCUT2D eigenvalue weighted by atomic mass is 10.3. The predicted octanol–water partition coefficient (Wildman–Crippen LogP) is 3.07. The first-order chi connectivity index (χ1) is 10.2. The van der Waals surface area contributed by atoms with Crippen molar-refractivity contribution < 1.29 is 4.39 Å². The van der Waals surface area contributed by atoms with Crippen molar-refractivity contribution in [2.45, 2.75) is 6.92 Å². The van der Waals surface area contributed by atoms with Crippen LogP contribution in [0.25, 0.3) is 5.65 Å². The van der Waals surface area contributed by atoms with Gasteiger partial charge in [-0.05, 0) is 19.1 Å². The van der Waals surface area contributed by atoms with Gasteiger partial charge < -0.3 is 14.6 Å². The van der Waals surface area contributed by atoms with Crippen LogP contribution < -0.4 is 10.2 Å². The summed E-state index contributed by atoms with van der Waals surface area (Å²) in [6.45, 7) is 2.76. The molecule has 0 unspecified atom stereocenters. The number of fused-ring (bicyclic) bond motifs is 1. The lowest BCUT2D eigenvalue weighted by molar-refractivity contribution is 0.627. The first-order valence-corrected chi connectivity index (χ1v) is 6.76. The van der Waals surface area contributed by atoms with E-state index in [0.29, 0.717) is 17.2 Å². The minimum Gasteiger partial charge on any atom is -0.369 e. The van der Waals surface area contributed by atoms with Gasteiger partial charge in [0.05, 0.1) is 11.9 Å². The van der Waals surface area contributed by atoms with Gasteiger partial charge >= 0.3 is 0 Å². The van der Waals surface area contributed by atoms with Gasteiger partial charge in [0.15, 0.2) is 11.5 Å². The number of nitrogens with one attached hydrogen (secondary N) is 1. The standard InChI is InChI=1S/C15H16FN5/c1-3-17-13-10-21-9-8-18-14(21)15(19-13)20(2)12-7-5-4-6-11(12)16/h4-10,17H,3H2,1-2H3. The van der Waals surface area contributed by atoms with Gasteiger partial charge in [-0.3, -0.25) is 0 Å². The number of aromatic nitrogens is 3. The van der Waals surface area contributed by atoms with Crippen molar-refractivity contribution in [3.63, 3.8) is 0 Å². The fourth-order valence-electron chi connectivity index (χ4n) is 2.24. The molecule has 6 heteroatoms. The number of benzene rings is 1. The fourth-order valence-corrected chi connectivity index (χ4v) is 2.24. The maximum Gasteiger partial charge on any atom is 0.180 e. The van der Waals surface area contributed by atoms with E-state index in [2.05, 4.69) is 15.3 Å². The van der Waals surface area contributed by atoms with E-state index in [1.807, 2.05) is 23.7 Å². The zero-order valence-corrected chi connectivity index (χ0v) is 11.9. The van der Waals surface area contributed by atoms with Crippen LogP contribution in [0.2, 0.25) is 0 Å². The number of halogens is 1. The van der Waals surface area contributed by atoms with Gasteiger partial charge in [-0.25, -0.2) is 14.4 Å². The summed E-state index contributed by atoms with van der Waals surface area (Å²) in [6.07, 6.45) is 5.41. The van der Waals surface area contributed by atoms with Crippen molar-refractivity contribution in [2.75, 3.05) is 23.8 Å². The molecule has 2 heterocycles. The molecular formula is C15H16FN5. The topological polar surface area (TPSA) is 45.5 Å². The first kappa shape index (κ1) is 13.4. The normalized spacial score (nSPS) is 10.8. The number of para-hydroxylation sites is 1. The highest BCUT2D eigenvalue weighted by molar-refractivity contribution is 5.73. The Morgan fingerprint density at radius 1 is 1.33 bits per heavy atom. The molecule has 3 aromatic rings. The molecule has 0 saturated carbocycles. The molecule has 0 saturated heterocycles. The van der Waals surface area contributed by atoms with Crippen molar-refractivity contribution >= 4 is 23.0 Å². The summed E-state index contributed by atoms with van der Waals surface area (Å²) in [6, 6.07) is 6.62. The maximum atomic E-state index is 14.0. The van der Waals surface area contributed by atoms with E-state index in [9.17, 15) is 4.39 Å². The van der Waals surface area contributed by atoms with E-state index in [1.54, 1.807) is 36.3 Å². The number of hydrogen-bond acceptors (Lipinski definition) is 4. The summed E-state index contributed by atoms with van der Waals surface area (Å²) >= 11 is 0. The molecule has 0 bridgehead atoms. The molecule has 0 atom stereocenters.